The molecule has 0 aliphatic carbocycles. The zero-order valence-corrected chi connectivity index (χ0v) is 7.78. The number of aromatic nitrogens is 3. The van der Waals surface area contributed by atoms with Crippen LogP contribution >= 0.6 is 11.8 Å². The lowest BCUT2D eigenvalue weighted by molar-refractivity contribution is 0.465. The van der Waals surface area contributed by atoms with Crippen molar-refractivity contribution in [2.24, 2.45) is 0 Å². The van der Waals surface area contributed by atoms with Gasteiger partial charge in [0.15, 0.2) is 0 Å². The summed E-state index contributed by atoms with van der Waals surface area (Å²) in [7, 11) is 0. The summed E-state index contributed by atoms with van der Waals surface area (Å²) in [5, 5.41) is 8.23. The van der Waals surface area contributed by atoms with E-state index in [2.05, 4.69) is 15.2 Å². The Kier molecular flexibility index (Phi) is 2.27. The fourth-order valence-electron chi connectivity index (χ4n) is 0.885. The second-order valence-electron chi connectivity index (χ2n) is 2.29. The minimum atomic E-state index is 0.463. The van der Waals surface area contributed by atoms with Crippen LogP contribution in [0.25, 0.3) is 11.6 Å². The molecule has 0 spiro atoms. The van der Waals surface area contributed by atoms with Crippen LogP contribution in [0, 0.1) is 0 Å². The van der Waals surface area contributed by atoms with E-state index in [0.29, 0.717) is 16.8 Å². The third-order valence-electron chi connectivity index (χ3n) is 1.47. The van der Waals surface area contributed by atoms with Crippen LogP contribution < -0.4 is 0 Å². The summed E-state index contributed by atoms with van der Waals surface area (Å²) in [6.45, 7) is 0. The number of thioether (sulfide) groups is 1. The van der Waals surface area contributed by atoms with Crippen LogP contribution in [0.2, 0.25) is 0 Å². The van der Waals surface area contributed by atoms with E-state index in [0.717, 1.165) is 0 Å². The molecular formula is C8H7N3OS. The van der Waals surface area contributed by atoms with Crippen LogP contribution in [-0.4, -0.2) is 21.4 Å². The molecule has 0 aromatic carbocycles. The molecule has 0 saturated carbocycles. The van der Waals surface area contributed by atoms with Crippen molar-refractivity contribution in [1.29, 1.82) is 0 Å². The molecule has 0 fully saturated rings. The topological polar surface area (TPSA) is 51.8 Å². The van der Waals surface area contributed by atoms with Crippen molar-refractivity contribution in [2.45, 2.75) is 5.22 Å². The predicted octanol–water partition coefficient (Wildman–Crippen LogP) is 1.85. The second-order valence-corrected chi connectivity index (χ2v) is 3.05. The minimum absolute atomic E-state index is 0.463. The Balaban J connectivity index is 2.36. The standard InChI is InChI=1S/C8H7N3OS/c1-13-8-11-10-7(12-8)6-4-2-3-5-9-6/h2-5H,1H3. The van der Waals surface area contributed by atoms with E-state index >= 15 is 0 Å². The maximum absolute atomic E-state index is 5.30. The van der Waals surface area contributed by atoms with E-state index < -0.39 is 0 Å². The van der Waals surface area contributed by atoms with Crippen molar-refractivity contribution in [3.05, 3.63) is 24.4 Å². The van der Waals surface area contributed by atoms with Crippen molar-refractivity contribution >= 4 is 11.8 Å². The lowest BCUT2D eigenvalue weighted by Crippen LogP contribution is -1.80. The van der Waals surface area contributed by atoms with Gasteiger partial charge in [-0.2, -0.15) is 0 Å². The quantitative estimate of drug-likeness (QED) is 0.681. The molecule has 0 unspecified atom stereocenters. The Bertz CT molecular complexity index is 387. The molecule has 0 aliphatic heterocycles. The highest BCUT2D eigenvalue weighted by Gasteiger charge is 2.07. The fraction of sp³-hybridized carbons (Fsp3) is 0.125. The van der Waals surface area contributed by atoms with Gasteiger partial charge >= 0.3 is 0 Å². The molecular weight excluding hydrogens is 186 g/mol. The Morgan fingerprint density at radius 3 is 2.85 bits per heavy atom. The van der Waals surface area contributed by atoms with Crippen LogP contribution in [0.3, 0.4) is 0 Å². The molecule has 66 valence electrons. The molecule has 0 saturated heterocycles. The summed E-state index contributed by atoms with van der Waals surface area (Å²) in [5.41, 5.74) is 0.704. The van der Waals surface area contributed by atoms with Crippen LogP contribution in [0.1, 0.15) is 0 Å². The van der Waals surface area contributed by atoms with E-state index in [4.69, 9.17) is 4.42 Å². The van der Waals surface area contributed by atoms with Gasteiger partial charge in [0.2, 0.25) is 0 Å². The zero-order chi connectivity index (χ0) is 9.10. The van der Waals surface area contributed by atoms with Gasteiger partial charge < -0.3 is 4.42 Å². The minimum Gasteiger partial charge on any atom is -0.410 e. The van der Waals surface area contributed by atoms with Gasteiger partial charge in [0, 0.05) is 6.20 Å². The van der Waals surface area contributed by atoms with Crippen molar-refractivity contribution in [2.75, 3.05) is 6.26 Å². The van der Waals surface area contributed by atoms with Gasteiger partial charge in [0.1, 0.15) is 5.69 Å². The molecule has 2 aromatic heterocycles. The van der Waals surface area contributed by atoms with Crippen molar-refractivity contribution < 1.29 is 4.42 Å². The summed E-state index contributed by atoms with van der Waals surface area (Å²) >= 11 is 1.42. The molecule has 0 N–H and O–H groups in total. The summed E-state index contributed by atoms with van der Waals surface area (Å²) in [6.07, 6.45) is 3.58. The van der Waals surface area contributed by atoms with Crippen molar-refractivity contribution in [3.63, 3.8) is 0 Å². The highest BCUT2D eigenvalue weighted by molar-refractivity contribution is 7.98. The number of rotatable bonds is 2. The van der Waals surface area contributed by atoms with E-state index in [1.54, 1.807) is 6.20 Å². The van der Waals surface area contributed by atoms with E-state index in [-0.39, 0.29) is 0 Å². The molecule has 4 nitrogen and oxygen atoms in total. The summed E-state index contributed by atoms with van der Waals surface area (Å²) in [5.74, 6) is 0.463. The average Bonchev–Trinajstić information content (AvgIpc) is 2.67. The van der Waals surface area contributed by atoms with Gasteiger partial charge in [-0.1, -0.05) is 17.8 Å². The predicted molar refractivity (Wildman–Crippen MR) is 49.3 cm³/mol. The Labute approximate surface area is 79.4 Å². The number of hydrogen-bond donors (Lipinski definition) is 0. The highest BCUT2D eigenvalue weighted by Crippen LogP contribution is 2.18. The second kappa shape index (κ2) is 3.57. The van der Waals surface area contributed by atoms with Gasteiger partial charge in [-0.25, -0.2) is 0 Å². The molecule has 0 radical (unpaired) electrons. The molecule has 0 atom stereocenters. The molecule has 0 aliphatic rings. The van der Waals surface area contributed by atoms with Gasteiger partial charge in [0.05, 0.1) is 0 Å². The number of hydrogen-bond acceptors (Lipinski definition) is 5. The summed E-state index contributed by atoms with van der Waals surface area (Å²) in [4.78, 5) is 4.09. The highest BCUT2D eigenvalue weighted by atomic mass is 32.2. The summed E-state index contributed by atoms with van der Waals surface area (Å²) in [6, 6.07) is 5.55. The van der Waals surface area contributed by atoms with Crippen LogP contribution in [0.15, 0.2) is 34.0 Å². The molecule has 13 heavy (non-hydrogen) atoms. The van der Waals surface area contributed by atoms with Gasteiger partial charge in [-0.05, 0) is 18.4 Å². The van der Waals surface area contributed by atoms with Crippen LogP contribution in [0.4, 0.5) is 0 Å². The maximum atomic E-state index is 5.30. The van der Waals surface area contributed by atoms with E-state index in [1.165, 1.54) is 11.8 Å². The van der Waals surface area contributed by atoms with E-state index in [1.807, 2.05) is 24.5 Å². The first-order valence-electron chi connectivity index (χ1n) is 3.69. The SMILES string of the molecule is CSc1nnc(-c2ccccn2)o1. The van der Waals surface area contributed by atoms with Gasteiger partial charge in [0.25, 0.3) is 11.1 Å². The molecule has 2 heterocycles. The van der Waals surface area contributed by atoms with E-state index in [9.17, 15) is 0 Å². The van der Waals surface area contributed by atoms with Crippen molar-refractivity contribution in [1.82, 2.24) is 15.2 Å². The Morgan fingerprint density at radius 2 is 2.23 bits per heavy atom. The molecule has 0 amide bonds. The van der Waals surface area contributed by atoms with Crippen molar-refractivity contribution in [3.8, 4) is 11.6 Å². The normalized spacial score (nSPS) is 10.2. The summed E-state index contributed by atoms with van der Waals surface area (Å²) < 4.78 is 5.30. The zero-order valence-electron chi connectivity index (χ0n) is 6.97. The van der Waals surface area contributed by atoms with Crippen LogP contribution in [-0.2, 0) is 0 Å². The largest absolute Gasteiger partial charge is 0.410 e. The third kappa shape index (κ3) is 1.70. The molecule has 0 bridgehead atoms. The smallest absolute Gasteiger partial charge is 0.276 e. The maximum Gasteiger partial charge on any atom is 0.276 e. The Hall–Kier alpha value is -1.36. The van der Waals surface area contributed by atoms with Gasteiger partial charge in [-0.15, -0.1) is 10.2 Å². The number of pyridine rings is 1. The Morgan fingerprint density at radius 1 is 1.31 bits per heavy atom. The molecule has 5 heteroatoms. The van der Waals surface area contributed by atoms with Crippen LogP contribution in [0.5, 0.6) is 0 Å². The molecule has 2 aromatic rings. The monoisotopic (exact) mass is 193 g/mol. The average molecular weight is 193 g/mol. The number of nitrogens with zero attached hydrogens (tertiary/aromatic N) is 3. The first-order valence-corrected chi connectivity index (χ1v) is 4.91. The lowest BCUT2D eigenvalue weighted by Gasteiger charge is -1.89. The third-order valence-corrected chi connectivity index (χ3v) is 1.98. The fourth-order valence-corrected chi connectivity index (χ4v) is 1.17. The first-order chi connectivity index (χ1) is 6.40. The first kappa shape index (κ1) is 8.25. The lowest BCUT2D eigenvalue weighted by atomic mass is 10.3. The van der Waals surface area contributed by atoms with Gasteiger partial charge in [-0.3, -0.25) is 4.98 Å². The molecule has 2 rings (SSSR count).